The van der Waals surface area contributed by atoms with Crippen molar-refractivity contribution >= 4 is 15.8 Å². The van der Waals surface area contributed by atoms with Crippen LogP contribution in [0.2, 0.25) is 0 Å². The summed E-state index contributed by atoms with van der Waals surface area (Å²) in [5, 5.41) is 18.5. The monoisotopic (exact) mass is 314 g/mol. The minimum atomic E-state index is -3.01. The number of phenolic OH excluding ortho intramolecular Hbond substituents is 1. The molecule has 21 heavy (non-hydrogen) atoms. The molecule has 1 aliphatic heterocycles. The first-order chi connectivity index (χ1) is 9.87. The van der Waals surface area contributed by atoms with E-state index in [1.165, 1.54) is 12.1 Å². The predicted octanol–water partition coefficient (Wildman–Crippen LogP) is 1.30. The highest BCUT2D eigenvalue weighted by atomic mass is 32.2. The number of sulfone groups is 1. The van der Waals surface area contributed by atoms with Gasteiger partial charge in [-0.2, -0.15) is 0 Å². The number of carboxylic acids is 1. The molecule has 0 aromatic heterocycles. The van der Waals surface area contributed by atoms with Crippen molar-refractivity contribution in [2.75, 3.05) is 18.1 Å². The lowest BCUT2D eigenvalue weighted by atomic mass is 9.88. The molecule has 1 aromatic rings. The Morgan fingerprint density at radius 1 is 1.24 bits per heavy atom. The number of carboxylic acid groups (broad SMARTS) is 1. The van der Waals surface area contributed by atoms with Crippen LogP contribution < -0.4 is 4.74 Å². The molecule has 1 aromatic carbocycles. The minimum Gasteiger partial charge on any atom is -0.508 e. The van der Waals surface area contributed by atoms with Crippen LogP contribution in [0.4, 0.5) is 0 Å². The Balaban J connectivity index is 1.96. The van der Waals surface area contributed by atoms with E-state index in [0.717, 1.165) is 0 Å². The number of phenols is 1. The molecule has 1 atom stereocenters. The predicted molar refractivity (Wildman–Crippen MR) is 76.1 cm³/mol. The van der Waals surface area contributed by atoms with E-state index in [0.29, 0.717) is 18.6 Å². The van der Waals surface area contributed by atoms with Crippen LogP contribution in [0.25, 0.3) is 0 Å². The smallest absolute Gasteiger partial charge is 0.310 e. The lowest BCUT2D eigenvalue weighted by Gasteiger charge is -2.27. The first kappa shape index (κ1) is 15.6. The van der Waals surface area contributed by atoms with E-state index in [4.69, 9.17) is 9.84 Å². The van der Waals surface area contributed by atoms with Gasteiger partial charge in [0.15, 0.2) is 0 Å². The molecule has 1 fully saturated rings. The molecule has 1 unspecified atom stereocenters. The van der Waals surface area contributed by atoms with Crippen LogP contribution in [0.5, 0.6) is 11.5 Å². The molecule has 0 saturated carbocycles. The number of hydrogen-bond acceptors (Lipinski definition) is 5. The van der Waals surface area contributed by atoms with Crippen molar-refractivity contribution in [1.29, 1.82) is 0 Å². The van der Waals surface area contributed by atoms with Gasteiger partial charge in [0.1, 0.15) is 27.9 Å². The summed E-state index contributed by atoms with van der Waals surface area (Å²) in [6.07, 6.45) is 0.719. The summed E-state index contributed by atoms with van der Waals surface area (Å²) < 4.78 is 28.2. The standard InChI is InChI=1S/C14H18O6S/c15-11-1-3-12(4-2-11)20-9-13(14(16)17)10-5-7-21(18,19)8-6-10/h1-4,10,13,15H,5-9H2,(H,16,17). The second-order valence-electron chi connectivity index (χ2n) is 5.24. The lowest BCUT2D eigenvalue weighted by Crippen LogP contribution is -2.35. The maximum atomic E-state index is 11.4. The summed E-state index contributed by atoms with van der Waals surface area (Å²) in [4.78, 5) is 11.4. The van der Waals surface area contributed by atoms with E-state index < -0.39 is 21.7 Å². The van der Waals surface area contributed by atoms with Crippen LogP contribution in [0, 0.1) is 11.8 Å². The van der Waals surface area contributed by atoms with E-state index in [1.807, 2.05) is 0 Å². The quantitative estimate of drug-likeness (QED) is 0.849. The van der Waals surface area contributed by atoms with E-state index in [2.05, 4.69) is 0 Å². The number of aliphatic carboxylic acids is 1. The third kappa shape index (κ3) is 4.35. The van der Waals surface area contributed by atoms with Crippen molar-refractivity contribution in [2.24, 2.45) is 11.8 Å². The van der Waals surface area contributed by atoms with Gasteiger partial charge in [-0.15, -0.1) is 0 Å². The second kappa shape index (κ2) is 6.34. The van der Waals surface area contributed by atoms with Gasteiger partial charge in [-0.25, -0.2) is 8.42 Å². The fourth-order valence-corrected chi connectivity index (χ4v) is 3.98. The van der Waals surface area contributed by atoms with E-state index in [-0.39, 0.29) is 29.8 Å². The molecule has 7 heteroatoms. The number of carbonyl (C=O) groups is 1. The fourth-order valence-electron chi connectivity index (χ4n) is 2.45. The van der Waals surface area contributed by atoms with Gasteiger partial charge in [-0.1, -0.05) is 0 Å². The van der Waals surface area contributed by atoms with Gasteiger partial charge in [-0.05, 0) is 43.0 Å². The highest BCUT2D eigenvalue weighted by Gasteiger charge is 2.34. The van der Waals surface area contributed by atoms with E-state index in [1.54, 1.807) is 12.1 Å². The van der Waals surface area contributed by atoms with Crippen molar-refractivity contribution in [1.82, 2.24) is 0 Å². The topological polar surface area (TPSA) is 101 Å². The van der Waals surface area contributed by atoms with Crippen LogP contribution >= 0.6 is 0 Å². The van der Waals surface area contributed by atoms with Crippen molar-refractivity contribution in [3.05, 3.63) is 24.3 Å². The lowest BCUT2D eigenvalue weighted by molar-refractivity contribution is -0.145. The average Bonchev–Trinajstić information content (AvgIpc) is 2.42. The van der Waals surface area contributed by atoms with Gasteiger partial charge in [0.05, 0.1) is 17.4 Å². The Morgan fingerprint density at radius 2 is 1.81 bits per heavy atom. The van der Waals surface area contributed by atoms with Gasteiger partial charge < -0.3 is 14.9 Å². The molecular formula is C14H18O6S. The van der Waals surface area contributed by atoms with Gasteiger partial charge in [0.25, 0.3) is 0 Å². The van der Waals surface area contributed by atoms with E-state index >= 15 is 0 Å². The average molecular weight is 314 g/mol. The van der Waals surface area contributed by atoms with E-state index in [9.17, 15) is 18.3 Å². The normalized spacial score (nSPS) is 19.8. The molecule has 1 heterocycles. The van der Waals surface area contributed by atoms with Gasteiger partial charge >= 0.3 is 5.97 Å². The number of aromatic hydroxyl groups is 1. The molecule has 2 rings (SSSR count). The van der Waals surface area contributed by atoms with Gasteiger partial charge in [0, 0.05) is 0 Å². The molecule has 116 valence electrons. The Bertz CT molecular complexity index is 578. The highest BCUT2D eigenvalue weighted by Crippen LogP contribution is 2.27. The van der Waals surface area contributed by atoms with Gasteiger partial charge in [0.2, 0.25) is 0 Å². The molecule has 0 spiro atoms. The Morgan fingerprint density at radius 3 is 2.33 bits per heavy atom. The number of ether oxygens (including phenoxy) is 1. The first-order valence-corrected chi connectivity index (χ1v) is 8.54. The van der Waals surface area contributed by atoms with Crippen molar-refractivity contribution in [3.8, 4) is 11.5 Å². The van der Waals surface area contributed by atoms with Crippen LogP contribution in [0.3, 0.4) is 0 Å². The zero-order chi connectivity index (χ0) is 15.5. The maximum absolute atomic E-state index is 11.4. The number of benzene rings is 1. The van der Waals surface area contributed by atoms with Crippen LogP contribution in [-0.2, 0) is 14.6 Å². The minimum absolute atomic E-state index is 0.00910. The summed E-state index contributed by atoms with van der Waals surface area (Å²) in [6.45, 7) is -0.00910. The molecular weight excluding hydrogens is 296 g/mol. The summed E-state index contributed by atoms with van der Waals surface area (Å²) in [7, 11) is -3.01. The second-order valence-corrected chi connectivity index (χ2v) is 7.54. The maximum Gasteiger partial charge on any atom is 0.310 e. The molecule has 2 N–H and O–H groups in total. The first-order valence-electron chi connectivity index (χ1n) is 6.72. The van der Waals surface area contributed by atoms with Crippen molar-refractivity contribution in [2.45, 2.75) is 12.8 Å². The van der Waals surface area contributed by atoms with Crippen molar-refractivity contribution < 1.29 is 28.2 Å². The van der Waals surface area contributed by atoms with Crippen molar-refractivity contribution in [3.63, 3.8) is 0 Å². The summed E-state index contributed by atoms with van der Waals surface area (Å²) in [6, 6.07) is 6.02. The SMILES string of the molecule is O=C(O)C(COc1ccc(O)cc1)C1CCS(=O)(=O)CC1. The Labute approximate surface area is 123 Å². The fraction of sp³-hybridized carbons (Fsp3) is 0.500. The van der Waals surface area contributed by atoms with Crippen LogP contribution in [0.1, 0.15) is 12.8 Å². The van der Waals surface area contributed by atoms with Crippen LogP contribution in [0.15, 0.2) is 24.3 Å². The summed E-state index contributed by atoms with van der Waals surface area (Å²) in [5.74, 6) is -1.23. The number of rotatable bonds is 5. The third-order valence-corrected chi connectivity index (χ3v) is 5.47. The zero-order valence-electron chi connectivity index (χ0n) is 11.4. The highest BCUT2D eigenvalue weighted by molar-refractivity contribution is 7.91. The summed E-state index contributed by atoms with van der Waals surface area (Å²) in [5.41, 5.74) is 0. The molecule has 0 aliphatic carbocycles. The summed E-state index contributed by atoms with van der Waals surface area (Å²) >= 11 is 0. The zero-order valence-corrected chi connectivity index (χ0v) is 12.3. The molecule has 0 bridgehead atoms. The Hall–Kier alpha value is -1.76. The molecule has 1 saturated heterocycles. The van der Waals surface area contributed by atoms with Gasteiger partial charge in [-0.3, -0.25) is 4.79 Å². The molecule has 0 radical (unpaired) electrons. The number of hydrogen-bond donors (Lipinski definition) is 2. The van der Waals surface area contributed by atoms with Crippen LogP contribution in [-0.4, -0.2) is 42.7 Å². The molecule has 6 nitrogen and oxygen atoms in total. The molecule has 1 aliphatic rings. The largest absolute Gasteiger partial charge is 0.508 e. The Kier molecular flexibility index (Phi) is 4.72. The third-order valence-electron chi connectivity index (χ3n) is 3.75. The molecule has 0 amide bonds.